The van der Waals surface area contributed by atoms with Crippen molar-refractivity contribution in [3.8, 4) is 11.8 Å². The van der Waals surface area contributed by atoms with E-state index in [0.717, 1.165) is 17.4 Å². The number of nitriles is 1. The summed E-state index contributed by atoms with van der Waals surface area (Å²) in [5, 5.41) is 12.3. The van der Waals surface area contributed by atoms with Gasteiger partial charge in [0, 0.05) is 17.3 Å². The van der Waals surface area contributed by atoms with Crippen molar-refractivity contribution in [2.45, 2.75) is 19.9 Å². The van der Waals surface area contributed by atoms with Crippen LogP contribution in [-0.4, -0.2) is 18.4 Å². The van der Waals surface area contributed by atoms with E-state index in [9.17, 15) is 4.79 Å². The zero-order valence-corrected chi connectivity index (χ0v) is 12.8. The van der Waals surface area contributed by atoms with E-state index in [1.165, 1.54) is 6.20 Å². The summed E-state index contributed by atoms with van der Waals surface area (Å²) in [7, 11) is 1.60. The Bertz CT molecular complexity index is 735. The number of anilines is 1. The van der Waals surface area contributed by atoms with Gasteiger partial charge >= 0.3 is 0 Å². The Morgan fingerprint density at radius 3 is 2.77 bits per heavy atom. The molecule has 0 saturated carbocycles. The number of carbonyl (C=O) groups is 1. The third kappa shape index (κ3) is 3.23. The second-order valence-corrected chi connectivity index (χ2v) is 4.99. The molecule has 0 aliphatic carbocycles. The SMILES string of the molecule is COc1ccc(C#N)cc1[C@H](C)Nc1ncc(C=O)cc1C. The molecule has 0 radical (unpaired) electrons. The summed E-state index contributed by atoms with van der Waals surface area (Å²) in [6.07, 6.45) is 2.30. The second-order valence-electron chi connectivity index (χ2n) is 4.99. The van der Waals surface area contributed by atoms with Crippen molar-refractivity contribution in [1.29, 1.82) is 5.26 Å². The lowest BCUT2D eigenvalue weighted by molar-refractivity contribution is 0.112. The number of ether oxygens (including phenoxy) is 1. The first-order chi connectivity index (χ1) is 10.6. The van der Waals surface area contributed by atoms with Crippen molar-refractivity contribution in [3.63, 3.8) is 0 Å². The van der Waals surface area contributed by atoms with Gasteiger partial charge in [-0.1, -0.05) is 0 Å². The fourth-order valence-electron chi connectivity index (χ4n) is 2.24. The van der Waals surface area contributed by atoms with Gasteiger partial charge in [0.2, 0.25) is 0 Å². The van der Waals surface area contributed by atoms with E-state index >= 15 is 0 Å². The van der Waals surface area contributed by atoms with Crippen molar-refractivity contribution in [1.82, 2.24) is 4.98 Å². The maximum Gasteiger partial charge on any atom is 0.151 e. The molecule has 1 aromatic carbocycles. The number of aldehydes is 1. The molecular weight excluding hydrogens is 278 g/mol. The van der Waals surface area contributed by atoms with Gasteiger partial charge in [0.05, 0.1) is 24.8 Å². The molecule has 0 aliphatic heterocycles. The van der Waals surface area contributed by atoms with Crippen LogP contribution in [0.3, 0.4) is 0 Å². The average molecular weight is 295 g/mol. The minimum Gasteiger partial charge on any atom is -0.496 e. The predicted molar refractivity (Wildman–Crippen MR) is 84.1 cm³/mol. The Morgan fingerprint density at radius 2 is 2.18 bits per heavy atom. The number of rotatable bonds is 5. The molecule has 0 bridgehead atoms. The summed E-state index contributed by atoms with van der Waals surface area (Å²) < 4.78 is 5.35. The van der Waals surface area contributed by atoms with E-state index in [0.29, 0.717) is 22.7 Å². The first kappa shape index (κ1) is 15.5. The Kier molecular flexibility index (Phi) is 4.74. The minimum atomic E-state index is -0.100. The molecule has 1 aromatic heterocycles. The van der Waals surface area contributed by atoms with Crippen molar-refractivity contribution < 1.29 is 9.53 Å². The molecule has 5 heteroatoms. The molecule has 0 amide bonds. The van der Waals surface area contributed by atoms with Gasteiger partial charge in [0.25, 0.3) is 0 Å². The number of hydrogen-bond acceptors (Lipinski definition) is 5. The summed E-state index contributed by atoms with van der Waals surface area (Å²) in [6, 6.07) is 9.10. The first-order valence-corrected chi connectivity index (χ1v) is 6.85. The molecule has 5 nitrogen and oxygen atoms in total. The van der Waals surface area contributed by atoms with Crippen molar-refractivity contribution in [2.75, 3.05) is 12.4 Å². The van der Waals surface area contributed by atoms with Crippen LogP contribution in [-0.2, 0) is 0 Å². The third-order valence-electron chi connectivity index (χ3n) is 3.41. The largest absolute Gasteiger partial charge is 0.496 e. The molecule has 0 saturated heterocycles. The number of aromatic nitrogens is 1. The molecule has 1 N–H and O–H groups in total. The highest BCUT2D eigenvalue weighted by atomic mass is 16.5. The fraction of sp³-hybridized carbons (Fsp3) is 0.235. The van der Waals surface area contributed by atoms with E-state index in [1.807, 2.05) is 13.8 Å². The Hall–Kier alpha value is -2.87. The average Bonchev–Trinajstić information content (AvgIpc) is 2.55. The van der Waals surface area contributed by atoms with Crippen LogP contribution < -0.4 is 10.1 Å². The molecule has 0 aliphatic rings. The molecule has 0 unspecified atom stereocenters. The lowest BCUT2D eigenvalue weighted by Gasteiger charge is -2.19. The number of methoxy groups -OCH3 is 1. The van der Waals surface area contributed by atoms with E-state index in [2.05, 4.69) is 16.4 Å². The zero-order valence-electron chi connectivity index (χ0n) is 12.8. The highest BCUT2D eigenvalue weighted by Gasteiger charge is 2.14. The highest BCUT2D eigenvalue weighted by molar-refractivity contribution is 5.75. The standard InChI is InChI=1S/C17H17N3O2/c1-11-6-14(10-21)9-19-17(11)20-12(2)15-7-13(8-18)4-5-16(15)22-3/h4-7,9-10,12H,1-3H3,(H,19,20)/t12-/m0/s1. The first-order valence-electron chi connectivity index (χ1n) is 6.85. The molecule has 0 spiro atoms. The number of benzene rings is 1. The monoisotopic (exact) mass is 295 g/mol. The van der Waals surface area contributed by atoms with Gasteiger partial charge in [-0.2, -0.15) is 5.26 Å². The second kappa shape index (κ2) is 6.72. The van der Waals surface area contributed by atoms with Gasteiger partial charge in [-0.25, -0.2) is 4.98 Å². The third-order valence-corrected chi connectivity index (χ3v) is 3.41. The topological polar surface area (TPSA) is 75.0 Å². The van der Waals surface area contributed by atoms with Gasteiger partial charge in [-0.3, -0.25) is 4.79 Å². The predicted octanol–water partition coefficient (Wildman–Crippen LogP) is 3.26. The van der Waals surface area contributed by atoms with Crippen molar-refractivity contribution in [2.24, 2.45) is 0 Å². The van der Waals surface area contributed by atoms with Crippen LogP contribution >= 0.6 is 0 Å². The molecule has 2 aromatic rings. The molecule has 1 heterocycles. The summed E-state index contributed by atoms with van der Waals surface area (Å²) in [4.78, 5) is 15.0. The van der Waals surface area contributed by atoms with Gasteiger partial charge in [0.15, 0.2) is 6.29 Å². The number of nitrogens with one attached hydrogen (secondary N) is 1. The maximum atomic E-state index is 10.8. The van der Waals surface area contributed by atoms with E-state index in [-0.39, 0.29) is 6.04 Å². The van der Waals surface area contributed by atoms with Crippen LogP contribution in [0.15, 0.2) is 30.5 Å². The number of carbonyl (C=O) groups excluding carboxylic acids is 1. The quantitative estimate of drug-likeness (QED) is 0.857. The number of nitrogens with zero attached hydrogens (tertiary/aromatic N) is 2. The van der Waals surface area contributed by atoms with Crippen LogP contribution in [0.1, 0.15) is 40.0 Å². The minimum absolute atomic E-state index is 0.100. The summed E-state index contributed by atoms with van der Waals surface area (Å²) in [5.74, 6) is 1.41. The fourth-order valence-corrected chi connectivity index (χ4v) is 2.24. The number of hydrogen-bond donors (Lipinski definition) is 1. The van der Waals surface area contributed by atoms with E-state index < -0.39 is 0 Å². The van der Waals surface area contributed by atoms with Crippen LogP contribution in [0, 0.1) is 18.3 Å². The Balaban J connectivity index is 2.31. The van der Waals surface area contributed by atoms with Crippen LogP contribution in [0.5, 0.6) is 5.75 Å². The van der Waals surface area contributed by atoms with Gasteiger partial charge < -0.3 is 10.1 Å². The number of pyridine rings is 1. The summed E-state index contributed by atoms with van der Waals surface area (Å²) in [5.41, 5.74) is 2.87. The van der Waals surface area contributed by atoms with Gasteiger partial charge in [-0.15, -0.1) is 0 Å². The molecule has 2 rings (SSSR count). The van der Waals surface area contributed by atoms with Gasteiger partial charge in [0.1, 0.15) is 11.6 Å². The van der Waals surface area contributed by atoms with Crippen LogP contribution in [0.4, 0.5) is 5.82 Å². The Labute approximate surface area is 129 Å². The number of aryl methyl sites for hydroxylation is 1. The van der Waals surface area contributed by atoms with Gasteiger partial charge in [-0.05, 0) is 43.7 Å². The maximum absolute atomic E-state index is 10.8. The molecule has 1 atom stereocenters. The molecule has 22 heavy (non-hydrogen) atoms. The molecule has 0 fully saturated rings. The Morgan fingerprint density at radius 1 is 1.41 bits per heavy atom. The van der Waals surface area contributed by atoms with Crippen molar-refractivity contribution >= 4 is 12.1 Å². The van der Waals surface area contributed by atoms with Crippen LogP contribution in [0.25, 0.3) is 0 Å². The van der Waals surface area contributed by atoms with E-state index in [4.69, 9.17) is 10.00 Å². The molecular formula is C17H17N3O2. The normalized spacial score (nSPS) is 11.4. The zero-order chi connectivity index (χ0) is 16.1. The smallest absolute Gasteiger partial charge is 0.151 e. The molecule has 112 valence electrons. The summed E-state index contributed by atoms with van der Waals surface area (Å²) >= 11 is 0. The van der Waals surface area contributed by atoms with E-state index in [1.54, 1.807) is 31.4 Å². The lowest BCUT2D eigenvalue weighted by atomic mass is 10.0. The van der Waals surface area contributed by atoms with Crippen LogP contribution in [0.2, 0.25) is 0 Å². The summed E-state index contributed by atoms with van der Waals surface area (Å²) in [6.45, 7) is 3.85. The highest BCUT2D eigenvalue weighted by Crippen LogP contribution is 2.29. The van der Waals surface area contributed by atoms with Crippen molar-refractivity contribution in [3.05, 3.63) is 52.7 Å². The lowest BCUT2D eigenvalue weighted by Crippen LogP contribution is -2.11.